The highest BCUT2D eigenvalue weighted by molar-refractivity contribution is 5.91. The number of phenols is 1. The van der Waals surface area contributed by atoms with Crippen LogP contribution in [-0.2, 0) is 11.2 Å². The van der Waals surface area contributed by atoms with Gasteiger partial charge in [-0.05, 0) is 60.7 Å². The monoisotopic (exact) mass is 324 g/mol. The van der Waals surface area contributed by atoms with Crippen molar-refractivity contribution in [3.05, 3.63) is 70.8 Å². The van der Waals surface area contributed by atoms with Crippen molar-refractivity contribution in [1.82, 2.24) is 5.32 Å². The lowest BCUT2D eigenvalue weighted by Gasteiger charge is -2.16. The summed E-state index contributed by atoms with van der Waals surface area (Å²) in [6.45, 7) is 4.31. The summed E-state index contributed by atoms with van der Waals surface area (Å²) in [7, 11) is 0. The van der Waals surface area contributed by atoms with Crippen LogP contribution in [0.3, 0.4) is 0 Å². The highest BCUT2D eigenvalue weighted by Crippen LogP contribution is 2.21. The van der Waals surface area contributed by atoms with Gasteiger partial charge in [0.15, 0.2) is 0 Å². The molecule has 0 saturated heterocycles. The molecular weight excluding hydrogens is 300 g/mol. The van der Waals surface area contributed by atoms with Crippen molar-refractivity contribution in [2.45, 2.75) is 26.3 Å². The number of hydrogen-bond acceptors (Lipinski definition) is 3. The van der Waals surface area contributed by atoms with E-state index in [9.17, 15) is 9.90 Å². The summed E-state index contributed by atoms with van der Waals surface area (Å²) in [4.78, 5) is 11.9. The first-order chi connectivity index (χ1) is 11.5. The molecule has 1 amide bonds. The Morgan fingerprint density at radius 3 is 2.46 bits per heavy atom. The van der Waals surface area contributed by atoms with Gasteiger partial charge in [0.1, 0.15) is 5.75 Å². The van der Waals surface area contributed by atoms with Crippen LogP contribution in [0.5, 0.6) is 5.75 Å². The van der Waals surface area contributed by atoms with Gasteiger partial charge in [-0.2, -0.15) is 0 Å². The second kappa shape index (κ2) is 8.31. The smallest absolute Gasteiger partial charge is 0.244 e. The Morgan fingerprint density at radius 2 is 1.83 bits per heavy atom. The summed E-state index contributed by atoms with van der Waals surface area (Å²) in [5.41, 5.74) is 10.3. The molecule has 0 spiro atoms. The van der Waals surface area contributed by atoms with Crippen LogP contribution < -0.4 is 11.1 Å². The lowest BCUT2D eigenvalue weighted by molar-refractivity contribution is -0.116. The number of amides is 1. The standard InChI is InChI=1S/C20H24N2O2/c1-14-10-18(23)11-15(2)19(14)12-17(21)13-22-20(24)9-8-16-6-4-3-5-7-16/h3-11,17,23H,12-13,21H2,1-2H3,(H,22,24)/b9-8+/t17-/m0/s1. The lowest BCUT2D eigenvalue weighted by Crippen LogP contribution is -2.38. The van der Waals surface area contributed by atoms with E-state index in [1.807, 2.05) is 44.2 Å². The number of benzene rings is 2. The molecule has 0 aliphatic rings. The SMILES string of the molecule is Cc1cc(O)cc(C)c1C[C@H](N)CNC(=O)/C=C/c1ccccc1. The van der Waals surface area contributed by atoms with Gasteiger partial charge in [-0.25, -0.2) is 0 Å². The van der Waals surface area contributed by atoms with Crippen LogP contribution in [0.25, 0.3) is 6.08 Å². The number of carbonyl (C=O) groups excluding carboxylic acids is 1. The zero-order valence-electron chi connectivity index (χ0n) is 14.1. The maximum Gasteiger partial charge on any atom is 0.244 e. The van der Waals surface area contributed by atoms with E-state index in [-0.39, 0.29) is 17.7 Å². The van der Waals surface area contributed by atoms with Crippen LogP contribution in [0, 0.1) is 13.8 Å². The van der Waals surface area contributed by atoms with E-state index < -0.39 is 0 Å². The summed E-state index contributed by atoms with van der Waals surface area (Å²) >= 11 is 0. The summed E-state index contributed by atoms with van der Waals surface area (Å²) < 4.78 is 0. The first-order valence-electron chi connectivity index (χ1n) is 8.01. The molecule has 0 aromatic heterocycles. The Morgan fingerprint density at radius 1 is 1.21 bits per heavy atom. The van der Waals surface area contributed by atoms with E-state index in [1.165, 1.54) is 6.08 Å². The number of hydrogen-bond donors (Lipinski definition) is 3. The molecule has 1 atom stereocenters. The van der Waals surface area contributed by atoms with E-state index in [0.717, 1.165) is 22.3 Å². The minimum Gasteiger partial charge on any atom is -0.508 e. The number of rotatable bonds is 6. The van der Waals surface area contributed by atoms with Gasteiger partial charge in [0.05, 0.1) is 0 Å². The quantitative estimate of drug-likeness (QED) is 0.715. The second-order valence-electron chi connectivity index (χ2n) is 6.01. The number of nitrogens with two attached hydrogens (primary N) is 1. The predicted octanol–water partition coefficient (Wildman–Crippen LogP) is 2.71. The van der Waals surface area contributed by atoms with Gasteiger partial charge in [0.2, 0.25) is 5.91 Å². The van der Waals surface area contributed by atoms with E-state index >= 15 is 0 Å². The summed E-state index contributed by atoms with van der Waals surface area (Å²) in [5, 5.41) is 12.4. The van der Waals surface area contributed by atoms with Crippen LogP contribution in [0.2, 0.25) is 0 Å². The molecule has 2 aromatic rings. The molecule has 0 aliphatic carbocycles. The second-order valence-corrected chi connectivity index (χ2v) is 6.01. The van der Waals surface area contributed by atoms with Gasteiger partial charge in [-0.15, -0.1) is 0 Å². The van der Waals surface area contributed by atoms with Crippen LogP contribution >= 0.6 is 0 Å². The first-order valence-corrected chi connectivity index (χ1v) is 8.01. The van der Waals surface area contributed by atoms with Gasteiger partial charge < -0.3 is 16.2 Å². The van der Waals surface area contributed by atoms with Gasteiger partial charge in [0.25, 0.3) is 0 Å². The van der Waals surface area contributed by atoms with Crippen molar-refractivity contribution in [1.29, 1.82) is 0 Å². The summed E-state index contributed by atoms with van der Waals surface area (Å²) in [6.07, 6.45) is 3.94. The van der Waals surface area contributed by atoms with Crippen molar-refractivity contribution in [2.75, 3.05) is 6.54 Å². The van der Waals surface area contributed by atoms with Gasteiger partial charge >= 0.3 is 0 Å². The van der Waals surface area contributed by atoms with Gasteiger partial charge in [0, 0.05) is 18.7 Å². The third kappa shape index (κ3) is 5.25. The number of nitrogens with one attached hydrogen (secondary N) is 1. The third-order valence-corrected chi connectivity index (χ3v) is 3.91. The molecule has 0 saturated carbocycles. The zero-order chi connectivity index (χ0) is 17.5. The van der Waals surface area contributed by atoms with E-state index in [4.69, 9.17) is 5.73 Å². The molecule has 0 aliphatic heterocycles. The fraction of sp³-hybridized carbons (Fsp3) is 0.250. The molecule has 2 aromatic carbocycles. The molecule has 0 radical (unpaired) electrons. The van der Waals surface area contributed by atoms with Crippen LogP contribution in [0.4, 0.5) is 0 Å². The molecule has 2 rings (SSSR count). The van der Waals surface area contributed by atoms with E-state index in [0.29, 0.717) is 13.0 Å². The Hall–Kier alpha value is -2.59. The lowest BCUT2D eigenvalue weighted by atomic mass is 9.96. The van der Waals surface area contributed by atoms with Gasteiger partial charge in [-0.1, -0.05) is 30.3 Å². The first kappa shape index (κ1) is 17.8. The fourth-order valence-electron chi connectivity index (χ4n) is 2.65. The Bertz CT molecular complexity index is 701. The minimum absolute atomic E-state index is 0.159. The maximum atomic E-state index is 11.9. The van der Waals surface area contributed by atoms with Crippen molar-refractivity contribution < 1.29 is 9.90 Å². The Balaban J connectivity index is 1.86. The van der Waals surface area contributed by atoms with Crippen LogP contribution in [0.1, 0.15) is 22.3 Å². The minimum atomic E-state index is -0.180. The van der Waals surface area contributed by atoms with Gasteiger partial charge in [-0.3, -0.25) is 4.79 Å². The summed E-state index contributed by atoms with van der Waals surface area (Å²) in [6, 6.07) is 12.9. The van der Waals surface area contributed by atoms with Crippen LogP contribution in [0.15, 0.2) is 48.5 Å². The normalized spacial score (nSPS) is 12.3. The number of aromatic hydroxyl groups is 1. The molecule has 4 N–H and O–H groups in total. The summed E-state index contributed by atoms with van der Waals surface area (Å²) in [5.74, 6) is 0.107. The van der Waals surface area contributed by atoms with Crippen LogP contribution in [-0.4, -0.2) is 23.6 Å². The average Bonchev–Trinajstić information content (AvgIpc) is 2.55. The largest absolute Gasteiger partial charge is 0.508 e. The molecule has 24 heavy (non-hydrogen) atoms. The Labute approximate surface area is 143 Å². The third-order valence-electron chi connectivity index (χ3n) is 3.91. The molecule has 126 valence electrons. The highest BCUT2D eigenvalue weighted by atomic mass is 16.3. The number of phenolic OH excluding ortho intramolecular Hbond substituents is 1. The Kier molecular flexibility index (Phi) is 6.15. The molecule has 0 heterocycles. The van der Waals surface area contributed by atoms with Crippen molar-refractivity contribution in [3.8, 4) is 5.75 Å². The van der Waals surface area contributed by atoms with Crippen molar-refractivity contribution >= 4 is 12.0 Å². The highest BCUT2D eigenvalue weighted by Gasteiger charge is 2.10. The van der Waals surface area contributed by atoms with E-state index in [2.05, 4.69) is 5.32 Å². The molecule has 0 bridgehead atoms. The van der Waals surface area contributed by atoms with E-state index in [1.54, 1.807) is 18.2 Å². The molecule has 0 fully saturated rings. The average molecular weight is 324 g/mol. The molecular formula is C20H24N2O2. The zero-order valence-corrected chi connectivity index (χ0v) is 14.1. The van der Waals surface area contributed by atoms with Crippen molar-refractivity contribution in [3.63, 3.8) is 0 Å². The number of aryl methyl sites for hydroxylation is 2. The maximum absolute atomic E-state index is 11.9. The molecule has 4 nitrogen and oxygen atoms in total. The predicted molar refractivity (Wildman–Crippen MR) is 97.7 cm³/mol. The fourth-order valence-corrected chi connectivity index (χ4v) is 2.65. The van der Waals surface area contributed by atoms with Crippen molar-refractivity contribution in [2.24, 2.45) is 5.73 Å². The molecule has 0 unspecified atom stereocenters. The topological polar surface area (TPSA) is 75.3 Å². The molecule has 4 heteroatoms. The number of carbonyl (C=O) groups is 1.